The van der Waals surface area contributed by atoms with E-state index in [9.17, 15) is 22.4 Å². The van der Waals surface area contributed by atoms with Crippen LogP contribution in [0.1, 0.15) is 27.2 Å². The Labute approximate surface area is 152 Å². The lowest BCUT2D eigenvalue weighted by Gasteiger charge is -2.09. The average Bonchev–Trinajstić information content (AvgIpc) is 2.91. The summed E-state index contributed by atoms with van der Waals surface area (Å²) in [6.45, 7) is 3.30. The van der Waals surface area contributed by atoms with E-state index in [1.807, 2.05) is 6.92 Å². The average molecular weight is 377 g/mol. The van der Waals surface area contributed by atoms with Crippen molar-refractivity contribution in [3.05, 3.63) is 76.9 Å². The molecule has 0 saturated heterocycles. The molecule has 1 amide bonds. The van der Waals surface area contributed by atoms with Crippen molar-refractivity contribution in [1.29, 1.82) is 0 Å². The van der Waals surface area contributed by atoms with Crippen LogP contribution < -0.4 is 5.32 Å². The number of hydrogen-bond donors (Lipinski definition) is 1. The van der Waals surface area contributed by atoms with Gasteiger partial charge >= 0.3 is 6.18 Å². The summed E-state index contributed by atoms with van der Waals surface area (Å²) in [6, 6.07) is 11.0. The lowest BCUT2D eigenvalue weighted by molar-refractivity contribution is -0.137. The molecule has 1 heterocycles. The van der Waals surface area contributed by atoms with Crippen LogP contribution in [0.3, 0.4) is 0 Å². The van der Waals surface area contributed by atoms with Gasteiger partial charge < -0.3 is 5.32 Å². The number of anilines is 1. The number of nitrogens with zero attached hydrogens (tertiary/aromatic N) is 2. The molecular formula is C19H15F4N3O. The summed E-state index contributed by atoms with van der Waals surface area (Å²) in [6.07, 6.45) is -4.57. The predicted octanol–water partition coefficient (Wildman–Crippen LogP) is 4.90. The first-order valence-corrected chi connectivity index (χ1v) is 7.97. The Morgan fingerprint density at radius 3 is 2.37 bits per heavy atom. The van der Waals surface area contributed by atoms with Gasteiger partial charge in [0.05, 0.1) is 16.9 Å². The van der Waals surface area contributed by atoms with Gasteiger partial charge in [0.1, 0.15) is 5.56 Å². The van der Waals surface area contributed by atoms with E-state index in [1.165, 1.54) is 13.0 Å². The van der Waals surface area contributed by atoms with Crippen molar-refractivity contribution >= 4 is 11.6 Å². The maximum Gasteiger partial charge on any atom is 0.416 e. The van der Waals surface area contributed by atoms with Crippen molar-refractivity contribution in [1.82, 2.24) is 9.78 Å². The van der Waals surface area contributed by atoms with Gasteiger partial charge in [0, 0.05) is 5.69 Å². The van der Waals surface area contributed by atoms with Crippen LogP contribution in [0.5, 0.6) is 0 Å². The van der Waals surface area contributed by atoms with Crippen molar-refractivity contribution in [2.75, 3.05) is 5.32 Å². The zero-order valence-electron chi connectivity index (χ0n) is 14.4. The van der Waals surface area contributed by atoms with Gasteiger partial charge in [-0.15, -0.1) is 0 Å². The lowest BCUT2D eigenvalue weighted by Crippen LogP contribution is -2.14. The first-order valence-electron chi connectivity index (χ1n) is 7.97. The van der Waals surface area contributed by atoms with Crippen LogP contribution in [0.2, 0.25) is 0 Å². The van der Waals surface area contributed by atoms with Crippen molar-refractivity contribution in [3.8, 4) is 5.69 Å². The zero-order valence-corrected chi connectivity index (χ0v) is 14.4. The molecule has 0 spiro atoms. The molecule has 0 atom stereocenters. The first-order chi connectivity index (χ1) is 12.7. The Balaban J connectivity index is 1.95. The number of hydrogen-bond acceptors (Lipinski definition) is 2. The number of benzene rings is 2. The van der Waals surface area contributed by atoms with Crippen molar-refractivity contribution in [2.45, 2.75) is 20.0 Å². The van der Waals surface area contributed by atoms with Gasteiger partial charge in [0.2, 0.25) is 5.95 Å². The molecule has 0 aliphatic rings. The van der Waals surface area contributed by atoms with Crippen molar-refractivity contribution in [2.24, 2.45) is 0 Å². The van der Waals surface area contributed by atoms with E-state index in [0.29, 0.717) is 10.4 Å². The molecule has 1 aromatic heterocycles. The third kappa shape index (κ3) is 3.84. The van der Waals surface area contributed by atoms with Gasteiger partial charge in [0.25, 0.3) is 5.91 Å². The second kappa shape index (κ2) is 6.86. The molecule has 0 unspecified atom stereocenters. The lowest BCUT2D eigenvalue weighted by atomic mass is 10.2. The predicted molar refractivity (Wildman–Crippen MR) is 92.4 cm³/mol. The Kier molecular flexibility index (Phi) is 4.73. The van der Waals surface area contributed by atoms with E-state index in [1.54, 1.807) is 24.3 Å². The van der Waals surface area contributed by atoms with Crippen LogP contribution in [-0.2, 0) is 6.18 Å². The molecule has 0 aliphatic heterocycles. The maximum atomic E-state index is 14.8. The molecule has 4 nitrogen and oxygen atoms in total. The standard InChI is InChI=1S/C19H15F4N3O/c1-11-6-8-14(9-7-11)24-18(27)16-12(2)25-26(17(16)20)15-5-3-4-13(10-15)19(21,22)23/h3-10H,1-2H3,(H,24,27). The van der Waals surface area contributed by atoms with Crippen LogP contribution >= 0.6 is 0 Å². The smallest absolute Gasteiger partial charge is 0.322 e. The second-order valence-electron chi connectivity index (χ2n) is 6.03. The van der Waals surface area contributed by atoms with Crippen LogP contribution in [0.4, 0.5) is 23.2 Å². The number of amides is 1. The van der Waals surface area contributed by atoms with Gasteiger partial charge in [-0.3, -0.25) is 4.79 Å². The number of halogens is 4. The molecule has 0 aliphatic carbocycles. The summed E-state index contributed by atoms with van der Waals surface area (Å²) in [7, 11) is 0. The fraction of sp³-hybridized carbons (Fsp3) is 0.158. The summed E-state index contributed by atoms with van der Waals surface area (Å²) in [5, 5.41) is 6.45. The van der Waals surface area contributed by atoms with Gasteiger partial charge in [-0.05, 0) is 44.2 Å². The quantitative estimate of drug-likeness (QED) is 0.660. The summed E-state index contributed by atoms with van der Waals surface area (Å²) >= 11 is 0. The van der Waals surface area contributed by atoms with Crippen molar-refractivity contribution < 1.29 is 22.4 Å². The summed E-state index contributed by atoms with van der Waals surface area (Å²) in [4.78, 5) is 12.4. The highest BCUT2D eigenvalue weighted by Crippen LogP contribution is 2.30. The minimum absolute atomic E-state index is 0.0644. The highest BCUT2D eigenvalue weighted by molar-refractivity contribution is 6.05. The number of aryl methyl sites for hydroxylation is 2. The van der Waals surface area contributed by atoms with Gasteiger partial charge in [-0.25, -0.2) is 4.68 Å². The molecule has 3 rings (SSSR count). The summed E-state index contributed by atoms with van der Waals surface area (Å²) in [5.41, 5.74) is 0.143. The Morgan fingerprint density at radius 1 is 1.07 bits per heavy atom. The fourth-order valence-corrected chi connectivity index (χ4v) is 2.57. The number of rotatable bonds is 3. The maximum absolute atomic E-state index is 14.8. The van der Waals surface area contributed by atoms with Crippen molar-refractivity contribution in [3.63, 3.8) is 0 Å². The van der Waals surface area contributed by atoms with Gasteiger partial charge in [0.15, 0.2) is 0 Å². The first kappa shape index (κ1) is 18.6. The minimum Gasteiger partial charge on any atom is -0.322 e. The molecular weight excluding hydrogens is 362 g/mol. The monoisotopic (exact) mass is 377 g/mol. The topological polar surface area (TPSA) is 46.9 Å². The molecule has 3 aromatic rings. The number of nitrogens with one attached hydrogen (secondary N) is 1. The largest absolute Gasteiger partial charge is 0.416 e. The second-order valence-corrected chi connectivity index (χ2v) is 6.03. The number of carbonyl (C=O) groups is 1. The van der Waals surface area contributed by atoms with E-state index in [-0.39, 0.29) is 16.9 Å². The Morgan fingerprint density at radius 2 is 1.74 bits per heavy atom. The highest BCUT2D eigenvalue weighted by Gasteiger charge is 2.31. The van der Waals surface area contributed by atoms with E-state index in [0.717, 1.165) is 23.8 Å². The highest BCUT2D eigenvalue weighted by atomic mass is 19.4. The number of alkyl halides is 3. The molecule has 0 fully saturated rings. The molecule has 2 aromatic carbocycles. The molecule has 1 N–H and O–H groups in total. The molecule has 0 radical (unpaired) electrons. The SMILES string of the molecule is Cc1ccc(NC(=O)c2c(C)nn(-c3cccc(C(F)(F)F)c3)c2F)cc1. The van der Waals surface area contributed by atoms with E-state index >= 15 is 0 Å². The van der Waals surface area contributed by atoms with E-state index in [4.69, 9.17) is 0 Å². The third-order valence-electron chi connectivity index (χ3n) is 3.96. The van der Waals surface area contributed by atoms with Gasteiger partial charge in [-0.2, -0.15) is 22.7 Å². The van der Waals surface area contributed by atoms with E-state index < -0.39 is 23.6 Å². The minimum atomic E-state index is -4.57. The Hall–Kier alpha value is -3.16. The molecule has 27 heavy (non-hydrogen) atoms. The molecule has 0 saturated carbocycles. The van der Waals surface area contributed by atoms with Gasteiger partial charge in [-0.1, -0.05) is 23.8 Å². The van der Waals surface area contributed by atoms with Crippen LogP contribution in [0.15, 0.2) is 48.5 Å². The third-order valence-corrected chi connectivity index (χ3v) is 3.96. The number of carbonyl (C=O) groups excluding carboxylic acids is 1. The molecule has 0 bridgehead atoms. The van der Waals surface area contributed by atoms with E-state index in [2.05, 4.69) is 10.4 Å². The summed E-state index contributed by atoms with van der Waals surface area (Å²) in [5.74, 6) is -1.76. The molecule has 140 valence electrons. The van der Waals surface area contributed by atoms with Crippen LogP contribution in [-0.4, -0.2) is 15.7 Å². The number of aromatic nitrogens is 2. The summed E-state index contributed by atoms with van der Waals surface area (Å²) < 4.78 is 54.1. The normalized spacial score (nSPS) is 11.5. The Bertz CT molecular complexity index is 991. The zero-order chi connectivity index (χ0) is 19.8. The van der Waals surface area contributed by atoms with Crippen LogP contribution in [0.25, 0.3) is 5.69 Å². The molecule has 8 heteroatoms. The fourth-order valence-electron chi connectivity index (χ4n) is 2.57. The van der Waals surface area contributed by atoms with Crippen LogP contribution in [0, 0.1) is 19.8 Å².